The van der Waals surface area contributed by atoms with Gasteiger partial charge in [-0.25, -0.2) is 4.99 Å². The van der Waals surface area contributed by atoms with E-state index in [1.807, 2.05) is 20.8 Å². The fourth-order valence-electron chi connectivity index (χ4n) is 3.08. The topological polar surface area (TPSA) is 77.8 Å². The van der Waals surface area contributed by atoms with Gasteiger partial charge < -0.3 is 14.2 Å². The van der Waals surface area contributed by atoms with Gasteiger partial charge in [-0.15, -0.1) is 0 Å². The van der Waals surface area contributed by atoms with E-state index in [0.717, 1.165) is 10.6 Å². The smallest absolute Gasteiger partial charge is 0.271 e. The van der Waals surface area contributed by atoms with Gasteiger partial charge >= 0.3 is 0 Å². The number of thioether (sulfide) groups is 1. The number of aliphatic imine (C=N–C) groups is 1. The fraction of sp³-hybridized carbons (Fsp3) is 0.444. The van der Waals surface area contributed by atoms with Gasteiger partial charge in [-0.3, -0.25) is 14.6 Å². The zero-order valence-corrected chi connectivity index (χ0v) is 16.6. The van der Waals surface area contributed by atoms with Crippen molar-refractivity contribution < 1.29 is 14.2 Å². The van der Waals surface area contributed by atoms with Gasteiger partial charge in [0.15, 0.2) is 5.82 Å². The first-order chi connectivity index (χ1) is 12.4. The van der Waals surface area contributed by atoms with Crippen LogP contribution < -0.4 is 19.8 Å². The minimum absolute atomic E-state index is 0.0893. The number of H-pyrrole nitrogens is 1. The summed E-state index contributed by atoms with van der Waals surface area (Å²) in [4.78, 5) is 17.3. The number of hydrogen-bond donors (Lipinski definition) is 1. The SMILES string of the molecule is COc1cc(OC)c(C2SC(C)=Nc3c2c(=O)[nH]n3C(C)C)c(OC)c1. The highest BCUT2D eigenvalue weighted by atomic mass is 32.2. The summed E-state index contributed by atoms with van der Waals surface area (Å²) in [6.45, 7) is 5.95. The van der Waals surface area contributed by atoms with E-state index in [1.54, 1.807) is 38.1 Å². The maximum atomic E-state index is 12.7. The second-order valence-corrected chi connectivity index (χ2v) is 7.51. The molecule has 1 N–H and O–H groups in total. The Labute approximate surface area is 156 Å². The predicted octanol–water partition coefficient (Wildman–Crippen LogP) is 3.67. The van der Waals surface area contributed by atoms with E-state index in [-0.39, 0.29) is 16.9 Å². The number of nitrogens with zero attached hydrogens (tertiary/aromatic N) is 2. The highest BCUT2D eigenvalue weighted by molar-refractivity contribution is 8.14. The van der Waals surface area contributed by atoms with Crippen LogP contribution in [0.2, 0.25) is 0 Å². The molecule has 0 amide bonds. The molecule has 2 heterocycles. The van der Waals surface area contributed by atoms with Gasteiger partial charge in [0.1, 0.15) is 17.2 Å². The first-order valence-corrected chi connectivity index (χ1v) is 9.15. The van der Waals surface area contributed by atoms with E-state index < -0.39 is 0 Å². The second-order valence-electron chi connectivity index (χ2n) is 6.22. The van der Waals surface area contributed by atoms with Gasteiger partial charge in [-0.05, 0) is 20.8 Å². The summed E-state index contributed by atoms with van der Waals surface area (Å²) >= 11 is 1.51. The van der Waals surface area contributed by atoms with Crippen LogP contribution in [0.1, 0.15) is 43.2 Å². The molecule has 0 radical (unpaired) electrons. The summed E-state index contributed by atoms with van der Waals surface area (Å²) < 4.78 is 18.3. The number of fused-ring (bicyclic) bond motifs is 1. The first-order valence-electron chi connectivity index (χ1n) is 8.27. The van der Waals surface area contributed by atoms with Crippen molar-refractivity contribution in [1.82, 2.24) is 9.78 Å². The van der Waals surface area contributed by atoms with Gasteiger partial charge in [0, 0.05) is 18.2 Å². The molecule has 140 valence electrons. The number of aromatic nitrogens is 2. The number of benzene rings is 1. The molecule has 2 aromatic rings. The lowest BCUT2D eigenvalue weighted by Gasteiger charge is -2.25. The van der Waals surface area contributed by atoms with Crippen molar-refractivity contribution in [1.29, 1.82) is 0 Å². The lowest BCUT2D eigenvalue weighted by molar-refractivity contribution is 0.369. The molecule has 0 fully saturated rings. The Morgan fingerprint density at radius 1 is 1.12 bits per heavy atom. The average molecular weight is 377 g/mol. The summed E-state index contributed by atoms with van der Waals surface area (Å²) in [5, 5.41) is 3.49. The summed E-state index contributed by atoms with van der Waals surface area (Å²) in [5.74, 6) is 2.50. The predicted molar refractivity (Wildman–Crippen MR) is 104 cm³/mol. The van der Waals surface area contributed by atoms with Crippen molar-refractivity contribution in [3.05, 3.63) is 33.6 Å². The van der Waals surface area contributed by atoms with E-state index in [4.69, 9.17) is 14.2 Å². The second kappa shape index (κ2) is 7.11. The third-order valence-corrected chi connectivity index (χ3v) is 5.42. The molecule has 1 aliphatic heterocycles. The Balaban J connectivity index is 2.28. The molecule has 1 aliphatic rings. The summed E-state index contributed by atoms with van der Waals surface area (Å²) in [6.07, 6.45) is 0. The number of methoxy groups -OCH3 is 3. The summed E-state index contributed by atoms with van der Waals surface area (Å²) in [5.41, 5.74) is 1.25. The largest absolute Gasteiger partial charge is 0.496 e. The molecule has 1 aromatic carbocycles. The third-order valence-electron chi connectivity index (χ3n) is 4.28. The Morgan fingerprint density at radius 3 is 2.23 bits per heavy atom. The maximum absolute atomic E-state index is 12.7. The molecule has 1 atom stereocenters. The van der Waals surface area contributed by atoms with Crippen LogP contribution in [0.5, 0.6) is 17.2 Å². The number of hydrogen-bond acceptors (Lipinski definition) is 6. The Bertz CT molecular complexity index is 889. The number of aromatic amines is 1. The van der Waals surface area contributed by atoms with Crippen LogP contribution in [0.3, 0.4) is 0 Å². The van der Waals surface area contributed by atoms with Gasteiger partial charge in [-0.1, -0.05) is 11.8 Å². The average Bonchev–Trinajstić information content (AvgIpc) is 2.96. The Kier molecular flexibility index (Phi) is 5.04. The molecule has 8 heteroatoms. The van der Waals surface area contributed by atoms with E-state index in [9.17, 15) is 4.79 Å². The van der Waals surface area contributed by atoms with Gasteiger partial charge in [0.2, 0.25) is 0 Å². The monoisotopic (exact) mass is 377 g/mol. The lowest BCUT2D eigenvalue weighted by atomic mass is 10.0. The van der Waals surface area contributed by atoms with Crippen LogP contribution in [0.4, 0.5) is 5.82 Å². The highest BCUT2D eigenvalue weighted by Crippen LogP contribution is 2.50. The van der Waals surface area contributed by atoms with E-state index in [1.165, 1.54) is 11.8 Å². The van der Waals surface area contributed by atoms with Crippen molar-refractivity contribution in [3.63, 3.8) is 0 Å². The Morgan fingerprint density at radius 2 is 1.73 bits per heavy atom. The molecule has 7 nitrogen and oxygen atoms in total. The van der Waals surface area contributed by atoms with Crippen molar-refractivity contribution in [2.24, 2.45) is 4.99 Å². The molecule has 0 saturated carbocycles. The van der Waals surface area contributed by atoms with Crippen LogP contribution in [-0.2, 0) is 0 Å². The van der Waals surface area contributed by atoms with Gasteiger partial charge in [0.05, 0.1) is 42.7 Å². The molecular weight excluding hydrogens is 354 g/mol. The molecule has 0 saturated heterocycles. The van der Waals surface area contributed by atoms with Crippen LogP contribution >= 0.6 is 11.8 Å². The lowest BCUT2D eigenvalue weighted by Crippen LogP contribution is -2.15. The van der Waals surface area contributed by atoms with Crippen molar-refractivity contribution in [2.75, 3.05) is 21.3 Å². The van der Waals surface area contributed by atoms with E-state index in [2.05, 4.69) is 10.1 Å². The molecule has 1 unspecified atom stereocenters. The van der Waals surface area contributed by atoms with Crippen LogP contribution in [0, 0.1) is 0 Å². The molecule has 0 spiro atoms. The molecule has 0 bridgehead atoms. The van der Waals surface area contributed by atoms with Crippen molar-refractivity contribution in [2.45, 2.75) is 32.1 Å². The van der Waals surface area contributed by atoms with Crippen molar-refractivity contribution in [3.8, 4) is 17.2 Å². The maximum Gasteiger partial charge on any atom is 0.271 e. The quantitative estimate of drug-likeness (QED) is 0.860. The van der Waals surface area contributed by atoms with E-state index >= 15 is 0 Å². The number of ether oxygens (including phenoxy) is 3. The number of nitrogens with one attached hydrogen (secondary N) is 1. The molecule has 0 aliphatic carbocycles. The number of rotatable bonds is 5. The van der Waals surface area contributed by atoms with Crippen LogP contribution in [0.15, 0.2) is 21.9 Å². The third kappa shape index (κ3) is 2.98. The molecule has 3 rings (SSSR count). The van der Waals surface area contributed by atoms with Crippen molar-refractivity contribution >= 4 is 22.6 Å². The zero-order valence-electron chi connectivity index (χ0n) is 15.7. The molecular formula is C18H23N3O4S. The standard InChI is InChI=1S/C18H23N3O4S/c1-9(2)21-17-15(18(22)20-21)16(26-10(3)19-17)14-12(24-5)7-11(23-4)8-13(14)25-6/h7-9,16H,1-6H3,(H,20,22). The highest BCUT2D eigenvalue weighted by Gasteiger charge is 2.34. The Hall–Kier alpha value is -2.35. The van der Waals surface area contributed by atoms with Gasteiger partial charge in [0.25, 0.3) is 5.56 Å². The zero-order chi connectivity index (χ0) is 19.0. The van der Waals surface area contributed by atoms with Crippen LogP contribution in [0.25, 0.3) is 0 Å². The first kappa shape index (κ1) is 18.4. The van der Waals surface area contributed by atoms with Gasteiger partial charge in [-0.2, -0.15) is 0 Å². The van der Waals surface area contributed by atoms with E-state index in [0.29, 0.717) is 28.6 Å². The molecule has 26 heavy (non-hydrogen) atoms. The summed E-state index contributed by atoms with van der Waals surface area (Å²) in [6, 6.07) is 3.69. The fourth-order valence-corrected chi connectivity index (χ4v) is 4.24. The van der Waals surface area contributed by atoms with Crippen LogP contribution in [-0.4, -0.2) is 36.2 Å². The minimum atomic E-state index is -0.290. The summed E-state index contributed by atoms with van der Waals surface area (Å²) in [7, 11) is 4.78. The normalized spacial score (nSPS) is 16.3. The molecule has 1 aromatic heterocycles. The minimum Gasteiger partial charge on any atom is -0.496 e.